The number of alkyl halides is 5. The molecule has 0 bridgehead atoms. The van der Waals surface area contributed by atoms with Crippen molar-refractivity contribution in [3.63, 3.8) is 0 Å². The fourth-order valence-electron chi connectivity index (χ4n) is 3.00. The van der Waals surface area contributed by atoms with Crippen LogP contribution in [0.4, 0.5) is 27.8 Å². The first-order valence-corrected chi connectivity index (χ1v) is 10.6. The molecule has 0 unspecified atom stereocenters. The molecule has 1 N–H and O–H groups in total. The Kier molecular flexibility index (Phi) is 5.83. The van der Waals surface area contributed by atoms with E-state index in [1.54, 1.807) is 13.0 Å². The van der Waals surface area contributed by atoms with E-state index in [-0.39, 0.29) is 17.0 Å². The van der Waals surface area contributed by atoms with Crippen molar-refractivity contribution < 1.29 is 30.4 Å². The minimum absolute atomic E-state index is 0.0324. The molecule has 0 spiro atoms. The number of rotatable bonds is 6. The van der Waals surface area contributed by atoms with Crippen molar-refractivity contribution in [3.05, 3.63) is 65.9 Å². The fourth-order valence-corrected chi connectivity index (χ4v) is 4.03. The Morgan fingerprint density at radius 1 is 0.968 bits per heavy atom. The number of hydrogen-bond acceptors (Lipinski definition) is 3. The van der Waals surface area contributed by atoms with Crippen molar-refractivity contribution in [3.8, 4) is 11.1 Å². The normalized spacial score (nSPS) is 12.7. The van der Waals surface area contributed by atoms with Crippen LogP contribution in [0.15, 0.2) is 59.5 Å². The summed E-state index contributed by atoms with van der Waals surface area (Å²) in [6.07, 6.45) is -5.91. The molecule has 0 aliphatic heterocycles. The number of sulfonamides is 1. The molecular formula is C20H18F5N3O2S. The van der Waals surface area contributed by atoms with Crippen LogP contribution < -0.4 is 4.72 Å². The van der Waals surface area contributed by atoms with Gasteiger partial charge < -0.3 is 0 Å². The van der Waals surface area contributed by atoms with E-state index in [1.165, 1.54) is 55.5 Å². The van der Waals surface area contributed by atoms with Crippen LogP contribution >= 0.6 is 0 Å². The van der Waals surface area contributed by atoms with Gasteiger partial charge in [0.15, 0.2) is 5.82 Å². The van der Waals surface area contributed by atoms with Gasteiger partial charge in [0.1, 0.15) is 5.69 Å². The van der Waals surface area contributed by atoms with E-state index in [4.69, 9.17) is 0 Å². The minimum Gasteiger partial charge on any atom is -0.261 e. The SMILES string of the molecule is CCn1nc(NS(=O)(=O)c2ccccc2)c(-c2ccc(C)cc2)c1C(F)(F)C(F)(F)F. The van der Waals surface area contributed by atoms with Crippen LogP contribution in [-0.2, 0) is 22.5 Å². The zero-order valence-corrected chi connectivity index (χ0v) is 17.2. The Labute approximate surface area is 175 Å². The molecule has 166 valence electrons. The second-order valence-electron chi connectivity index (χ2n) is 6.74. The molecule has 5 nitrogen and oxygen atoms in total. The maximum Gasteiger partial charge on any atom is 0.459 e. The van der Waals surface area contributed by atoms with Gasteiger partial charge >= 0.3 is 12.1 Å². The van der Waals surface area contributed by atoms with Crippen molar-refractivity contribution in [2.24, 2.45) is 0 Å². The molecule has 0 saturated heterocycles. The standard InChI is InChI=1S/C20H18F5N3O2S/c1-3-28-17(19(21,22)20(23,24)25)16(14-11-9-13(2)10-12-14)18(26-28)27-31(29,30)15-7-5-4-6-8-15/h4-12H,3H2,1-2H3,(H,26,27). The van der Waals surface area contributed by atoms with Crippen LogP contribution in [0, 0.1) is 6.92 Å². The highest BCUT2D eigenvalue weighted by Crippen LogP contribution is 2.49. The van der Waals surface area contributed by atoms with Gasteiger partial charge in [-0.05, 0) is 31.5 Å². The van der Waals surface area contributed by atoms with Gasteiger partial charge in [-0.25, -0.2) is 8.42 Å². The van der Waals surface area contributed by atoms with Gasteiger partial charge in [-0.2, -0.15) is 27.1 Å². The average molecular weight is 459 g/mol. The van der Waals surface area contributed by atoms with Crippen molar-refractivity contribution >= 4 is 15.8 Å². The number of benzene rings is 2. The van der Waals surface area contributed by atoms with E-state index < -0.39 is 39.2 Å². The Morgan fingerprint density at radius 2 is 1.55 bits per heavy atom. The number of nitrogens with one attached hydrogen (secondary N) is 1. The lowest BCUT2D eigenvalue weighted by molar-refractivity contribution is -0.291. The number of aromatic nitrogens is 2. The lowest BCUT2D eigenvalue weighted by Crippen LogP contribution is -2.36. The molecule has 1 aromatic heterocycles. The predicted molar refractivity (Wildman–Crippen MR) is 105 cm³/mol. The summed E-state index contributed by atoms with van der Waals surface area (Å²) in [5.74, 6) is -5.89. The van der Waals surface area contributed by atoms with Crippen molar-refractivity contribution in [1.82, 2.24) is 9.78 Å². The third-order valence-electron chi connectivity index (χ3n) is 4.53. The summed E-state index contributed by atoms with van der Waals surface area (Å²) in [5.41, 5.74) is -1.36. The summed E-state index contributed by atoms with van der Waals surface area (Å²) >= 11 is 0. The lowest BCUT2D eigenvalue weighted by Gasteiger charge is -2.22. The van der Waals surface area contributed by atoms with Crippen LogP contribution in [0.3, 0.4) is 0 Å². The molecule has 0 fully saturated rings. The Balaban J connectivity index is 2.28. The van der Waals surface area contributed by atoms with Crippen molar-refractivity contribution in [2.75, 3.05) is 4.72 Å². The number of aryl methyl sites for hydroxylation is 2. The molecule has 0 aliphatic carbocycles. The molecule has 1 heterocycles. The monoisotopic (exact) mass is 459 g/mol. The summed E-state index contributed by atoms with van der Waals surface area (Å²) in [5, 5.41) is 3.76. The molecular weight excluding hydrogens is 441 g/mol. The second kappa shape index (κ2) is 7.95. The number of nitrogens with zero attached hydrogens (tertiary/aromatic N) is 2. The molecule has 0 aliphatic rings. The van der Waals surface area contributed by atoms with Crippen molar-refractivity contribution in [1.29, 1.82) is 0 Å². The van der Waals surface area contributed by atoms with Crippen LogP contribution in [0.2, 0.25) is 0 Å². The van der Waals surface area contributed by atoms with Crippen LogP contribution in [0.5, 0.6) is 0 Å². The highest BCUT2D eigenvalue weighted by Gasteiger charge is 2.62. The van der Waals surface area contributed by atoms with E-state index >= 15 is 0 Å². The highest BCUT2D eigenvalue weighted by molar-refractivity contribution is 7.92. The van der Waals surface area contributed by atoms with Gasteiger partial charge in [-0.15, -0.1) is 0 Å². The zero-order chi connectivity index (χ0) is 23.0. The molecule has 11 heteroatoms. The molecule has 0 radical (unpaired) electrons. The number of halogens is 5. The van der Waals surface area contributed by atoms with E-state index in [9.17, 15) is 30.4 Å². The predicted octanol–water partition coefficient (Wildman–Crippen LogP) is 5.33. The van der Waals surface area contributed by atoms with Gasteiger partial charge in [-0.1, -0.05) is 48.0 Å². The van der Waals surface area contributed by atoms with E-state index in [1.807, 2.05) is 0 Å². The average Bonchev–Trinajstić information content (AvgIpc) is 3.06. The third kappa shape index (κ3) is 4.27. The molecule has 0 atom stereocenters. The topological polar surface area (TPSA) is 64.0 Å². The van der Waals surface area contributed by atoms with Gasteiger partial charge in [0, 0.05) is 6.54 Å². The van der Waals surface area contributed by atoms with E-state index in [2.05, 4.69) is 9.82 Å². The van der Waals surface area contributed by atoms with Crippen LogP contribution in [-0.4, -0.2) is 24.4 Å². The minimum atomic E-state index is -5.91. The van der Waals surface area contributed by atoms with Gasteiger partial charge in [0.25, 0.3) is 10.0 Å². The zero-order valence-electron chi connectivity index (χ0n) is 16.4. The fraction of sp³-hybridized carbons (Fsp3) is 0.250. The summed E-state index contributed by atoms with van der Waals surface area (Å²) in [6.45, 7) is 2.70. The van der Waals surface area contributed by atoms with Gasteiger partial charge in [-0.3, -0.25) is 9.40 Å². The number of anilines is 1. The van der Waals surface area contributed by atoms with Gasteiger partial charge in [0.05, 0.1) is 10.5 Å². The molecule has 0 amide bonds. The summed E-state index contributed by atoms with van der Waals surface area (Å²) < 4.78 is 96.9. The molecule has 3 aromatic rings. The molecule has 0 saturated carbocycles. The molecule has 2 aromatic carbocycles. The smallest absolute Gasteiger partial charge is 0.261 e. The summed E-state index contributed by atoms with van der Waals surface area (Å²) in [6, 6.07) is 12.7. The van der Waals surface area contributed by atoms with Gasteiger partial charge in [0.2, 0.25) is 0 Å². The highest BCUT2D eigenvalue weighted by atomic mass is 32.2. The van der Waals surface area contributed by atoms with Crippen LogP contribution in [0.1, 0.15) is 18.2 Å². The Morgan fingerprint density at radius 3 is 2.06 bits per heavy atom. The maximum atomic E-state index is 14.5. The Bertz CT molecular complexity index is 1170. The van der Waals surface area contributed by atoms with E-state index in [0.717, 1.165) is 5.56 Å². The van der Waals surface area contributed by atoms with Crippen LogP contribution in [0.25, 0.3) is 11.1 Å². The first-order valence-electron chi connectivity index (χ1n) is 9.09. The molecule has 31 heavy (non-hydrogen) atoms. The van der Waals surface area contributed by atoms with E-state index in [0.29, 0.717) is 4.68 Å². The largest absolute Gasteiger partial charge is 0.459 e. The maximum absolute atomic E-state index is 14.5. The van der Waals surface area contributed by atoms with Crippen molar-refractivity contribution in [2.45, 2.75) is 37.4 Å². The second-order valence-corrected chi connectivity index (χ2v) is 8.43. The molecule has 3 rings (SSSR count). The first kappa shape index (κ1) is 22.7. The third-order valence-corrected chi connectivity index (χ3v) is 5.89. The lowest BCUT2D eigenvalue weighted by atomic mass is 10.0. The number of hydrogen-bond donors (Lipinski definition) is 1. The first-order chi connectivity index (χ1) is 14.4. The summed E-state index contributed by atoms with van der Waals surface area (Å²) in [7, 11) is -4.30. The Hall–Kier alpha value is -2.95. The quantitative estimate of drug-likeness (QED) is 0.507. The summed E-state index contributed by atoms with van der Waals surface area (Å²) in [4.78, 5) is -0.194.